The predicted molar refractivity (Wildman–Crippen MR) is 108 cm³/mol. The van der Waals surface area contributed by atoms with Crippen molar-refractivity contribution in [1.29, 1.82) is 0 Å². The molecular weight excluding hydrogens is 413 g/mol. The lowest BCUT2D eigenvalue weighted by Crippen LogP contribution is -2.50. The molecule has 0 spiro atoms. The molecule has 0 N–H and O–H groups in total. The standard InChI is InChI=1S/C20H22FN3O5S/c1-13(25)14-3-4-17(15(21)9-14)23-5-7-24(8-6-23)19(26)11-29-20(27)16-12-30-18(22-16)10-28-2/h3-4,9,12H,5-8,10-11H2,1-2H3. The second-order valence-corrected chi connectivity index (χ2v) is 7.67. The largest absolute Gasteiger partial charge is 0.451 e. The van der Waals surface area contributed by atoms with E-state index in [2.05, 4.69) is 4.98 Å². The molecule has 1 saturated heterocycles. The summed E-state index contributed by atoms with van der Waals surface area (Å²) in [5.74, 6) is -1.64. The number of aromatic nitrogens is 1. The number of hydrogen-bond donors (Lipinski definition) is 0. The van der Waals surface area contributed by atoms with Crippen molar-refractivity contribution in [3.8, 4) is 0 Å². The molecule has 1 aliphatic rings. The Hall–Kier alpha value is -2.85. The van der Waals surface area contributed by atoms with Crippen LogP contribution < -0.4 is 4.90 Å². The highest BCUT2D eigenvalue weighted by atomic mass is 32.1. The average molecular weight is 435 g/mol. The number of benzene rings is 1. The third-order valence-corrected chi connectivity index (χ3v) is 5.51. The van der Waals surface area contributed by atoms with E-state index in [4.69, 9.17) is 9.47 Å². The van der Waals surface area contributed by atoms with Crippen molar-refractivity contribution in [3.63, 3.8) is 0 Å². The van der Waals surface area contributed by atoms with Crippen LogP contribution in [0.25, 0.3) is 0 Å². The van der Waals surface area contributed by atoms with Crippen LogP contribution >= 0.6 is 11.3 Å². The van der Waals surface area contributed by atoms with Gasteiger partial charge < -0.3 is 19.3 Å². The fourth-order valence-corrected chi connectivity index (χ4v) is 3.80. The monoisotopic (exact) mass is 435 g/mol. The van der Waals surface area contributed by atoms with E-state index in [9.17, 15) is 18.8 Å². The summed E-state index contributed by atoms with van der Waals surface area (Å²) in [7, 11) is 1.54. The second-order valence-electron chi connectivity index (χ2n) is 6.73. The first kappa shape index (κ1) is 21.8. The molecule has 1 aliphatic heterocycles. The van der Waals surface area contributed by atoms with Gasteiger partial charge in [-0.15, -0.1) is 11.3 Å². The number of hydrogen-bond acceptors (Lipinski definition) is 8. The zero-order chi connectivity index (χ0) is 21.7. The summed E-state index contributed by atoms with van der Waals surface area (Å²) in [6.07, 6.45) is 0. The first-order valence-electron chi connectivity index (χ1n) is 9.32. The van der Waals surface area contributed by atoms with Gasteiger partial charge in [0.05, 0.1) is 12.3 Å². The number of ketones is 1. The van der Waals surface area contributed by atoms with Crippen LogP contribution in [0.4, 0.5) is 10.1 Å². The highest BCUT2D eigenvalue weighted by Gasteiger charge is 2.24. The van der Waals surface area contributed by atoms with Gasteiger partial charge in [0.2, 0.25) is 0 Å². The van der Waals surface area contributed by atoms with Crippen molar-refractivity contribution in [2.45, 2.75) is 13.5 Å². The number of halogens is 1. The number of rotatable bonds is 7. The Bertz CT molecular complexity index is 940. The molecule has 0 aliphatic carbocycles. The number of nitrogens with zero attached hydrogens (tertiary/aromatic N) is 3. The van der Waals surface area contributed by atoms with Gasteiger partial charge in [0.1, 0.15) is 10.8 Å². The van der Waals surface area contributed by atoms with Gasteiger partial charge in [-0.25, -0.2) is 14.2 Å². The molecule has 0 saturated carbocycles. The van der Waals surface area contributed by atoms with E-state index in [0.29, 0.717) is 49.0 Å². The smallest absolute Gasteiger partial charge is 0.358 e. The quantitative estimate of drug-likeness (QED) is 0.486. The molecule has 1 fully saturated rings. The van der Waals surface area contributed by atoms with Crippen LogP contribution in [0.5, 0.6) is 0 Å². The molecule has 0 bridgehead atoms. The number of Topliss-reactive ketones (excluding diaryl/α,β-unsaturated/α-hetero) is 1. The highest BCUT2D eigenvalue weighted by molar-refractivity contribution is 7.09. The molecule has 3 rings (SSSR count). The molecule has 1 aromatic carbocycles. The van der Waals surface area contributed by atoms with E-state index in [1.807, 2.05) is 4.90 Å². The lowest BCUT2D eigenvalue weighted by Gasteiger charge is -2.36. The lowest BCUT2D eigenvalue weighted by atomic mass is 10.1. The SMILES string of the molecule is COCc1nc(C(=O)OCC(=O)N2CCN(c3ccc(C(C)=O)cc3F)CC2)cs1. The van der Waals surface area contributed by atoms with Crippen molar-refractivity contribution in [3.05, 3.63) is 45.7 Å². The molecule has 2 aromatic rings. The summed E-state index contributed by atoms with van der Waals surface area (Å²) in [4.78, 5) is 43.2. The number of carbonyl (C=O) groups is 3. The minimum atomic E-state index is -0.659. The van der Waals surface area contributed by atoms with Gasteiger partial charge in [-0.3, -0.25) is 9.59 Å². The number of ether oxygens (including phenoxy) is 2. The topological polar surface area (TPSA) is 89.0 Å². The van der Waals surface area contributed by atoms with Crippen LogP contribution in [0, 0.1) is 5.82 Å². The minimum Gasteiger partial charge on any atom is -0.451 e. The van der Waals surface area contributed by atoms with E-state index >= 15 is 0 Å². The molecule has 0 unspecified atom stereocenters. The summed E-state index contributed by atoms with van der Waals surface area (Å²) < 4.78 is 24.4. The Labute approximate surface area is 177 Å². The summed E-state index contributed by atoms with van der Waals surface area (Å²) in [6, 6.07) is 4.40. The van der Waals surface area contributed by atoms with Crippen LogP contribution in [-0.2, 0) is 20.9 Å². The van der Waals surface area contributed by atoms with E-state index in [1.54, 1.807) is 22.4 Å². The Morgan fingerprint density at radius 3 is 2.57 bits per heavy atom. The van der Waals surface area contributed by atoms with Gasteiger partial charge in [-0.05, 0) is 25.1 Å². The van der Waals surface area contributed by atoms with Crippen molar-refractivity contribution >= 4 is 34.7 Å². The van der Waals surface area contributed by atoms with Gasteiger partial charge in [0, 0.05) is 44.2 Å². The Balaban J connectivity index is 1.49. The van der Waals surface area contributed by atoms with Crippen LogP contribution in [0.15, 0.2) is 23.6 Å². The van der Waals surface area contributed by atoms with Crippen LogP contribution in [-0.4, -0.2) is 67.4 Å². The third-order valence-electron chi connectivity index (χ3n) is 4.68. The predicted octanol–water partition coefficient (Wildman–Crippen LogP) is 2.14. The Kier molecular flexibility index (Phi) is 7.11. The minimum absolute atomic E-state index is 0.147. The first-order valence-corrected chi connectivity index (χ1v) is 10.2. The summed E-state index contributed by atoms with van der Waals surface area (Å²) in [6.45, 7) is 2.93. The fourth-order valence-electron chi connectivity index (χ4n) is 3.07. The number of methoxy groups -OCH3 is 1. The van der Waals surface area contributed by atoms with E-state index in [1.165, 1.54) is 31.4 Å². The maximum absolute atomic E-state index is 14.3. The molecule has 1 aromatic heterocycles. The fraction of sp³-hybridized carbons (Fsp3) is 0.400. The third kappa shape index (κ3) is 5.19. The highest BCUT2D eigenvalue weighted by Crippen LogP contribution is 2.22. The Morgan fingerprint density at radius 2 is 1.93 bits per heavy atom. The molecular formula is C20H22FN3O5S. The molecule has 10 heteroatoms. The number of amides is 1. The molecule has 1 amide bonds. The number of anilines is 1. The summed E-state index contributed by atoms with van der Waals surface area (Å²) in [5.41, 5.74) is 0.865. The maximum atomic E-state index is 14.3. The zero-order valence-corrected chi connectivity index (χ0v) is 17.5. The summed E-state index contributed by atoms with van der Waals surface area (Å²) >= 11 is 1.28. The molecule has 0 atom stereocenters. The average Bonchev–Trinajstić information content (AvgIpc) is 3.21. The molecule has 2 heterocycles. The van der Waals surface area contributed by atoms with Crippen molar-refractivity contribution in [2.75, 3.05) is 44.8 Å². The lowest BCUT2D eigenvalue weighted by molar-refractivity contribution is -0.134. The van der Waals surface area contributed by atoms with E-state index in [0.717, 1.165) is 0 Å². The van der Waals surface area contributed by atoms with Gasteiger partial charge in [0.15, 0.2) is 18.1 Å². The van der Waals surface area contributed by atoms with Gasteiger partial charge in [0.25, 0.3) is 5.91 Å². The second kappa shape index (κ2) is 9.77. The normalized spacial score (nSPS) is 14.0. The van der Waals surface area contributed by atoms with Crippen molar-refractivity contribution in [2.24, 2.45) is 0 Å². The number of piperazine rings is 1. The van der Waals surface area contributed by atoms with Gasteiger partial charge in [-0.2, -0.15) is 0 Å². The van der Waals surface area contributed by atoms with Crippen LogP contribution in [0.3, 0.4) is 0 Å². The molecule has 160 valence electrons. The first-order chi connectivity index (χ1) is 14.4. The van der Waals surface area contributed by atoms with Crippen molar-refractivity contribution < 1.29 is 28.2 Å². The van der Waals surface area contributed by atoms with Crippen LogP contribution in [0.2, 0.25) is 0 Å². The van der Waals surface area contributed by atoms with E-state index < -0.39 is 11.8 Å². The summed E-state index contributed by atoms with van der Waals surface area (Å²) in [5, 5.41) is 2.21. The maximum Gasteiger partial charge on any atom is 0.358 e. The number of esters is 1. The molecule has 30 heavy (non-hydrogen) atoms. The number of thiazole rings is 1. The molecule has 0 radical (unpaired) electrons. The zero-order valence-electron chi connectivity index (χ0n) is 16.7. The Morgan fingerprint density at radius 1 is 1.20 bits per heavy atom. The van der Waals surface area contributed by atoms with Gasteiger partial charge in [-0.1, -0.05) is 0 Å². The van der Waals surface area contributed by atoms with Crippen molar-refractivity contribution in [1.82, 2.24) is 9.88 Å². The number of carbonyl (C=O) groups excluding carboxylic acids is 3. The van der Waals surface area contributed by atoms with Gasteiger partial charge >= 0.3 is 5.97 Å². The van der Waals surface area contributed by atoms with Crippen LogP contribution in [0.1, 0.15) is 32.8 Å². The molecule has 8 nitrogen and oxygen atoms in total. The van der Waals surface area contributed by atoms with E-state index in [-0.39, 0.29) is 24.0 Å².